The smallest absolute Gasteiger partial charge is 0.353 e. The van der Waals surface area contributed by atoms with E-state index >= 15 is 0 Å². The van der Waals surface area contributed by atoms with Gasteiger partial charge in [0.05, 0.1) is 26.9 Å². The van der Waals surface area contributed by atoms with Gasteiger partial charge in [-0.05, 0) is 12.1 Å². The number of rotatable bonds is 5. The Balaban J connectivity index is 2.33. The maximum atomic E-state index is 12.3. The van der Waals surface area contributed by atoms with Gasteiger partial charge >= 0.3 is 11.9 Å². The fraction of sp³-hybridized carbons (Fsp3) is 0.176. The zero-order valence-corrected chi connectivity index (χ0v) is 13.0. The minimum absolute atomic E-state index is 0.0140. The minimum atomic E-state index is -0.866. The van der Waals surface area contributed by atoms with Crippen molar-refractivity contribution in [1.82, 2.24) is 0 Å². The van der Waals surface area contributed by atoms with Crippen LogP contribution in [0.25, 0.3) is 0 Å². The SMILES string of the molecule is COc1cc(OC)c(C(=O)OC(=O)c2ccccc2)c(OC)c1. The van der Waals surface area contributed by atoms with Gasteiger partial charge in [0.2, 0.25) is 0 Å². The van der Waals surface area contributed by atoms with Gasteiger partial charge in [0.25, 0.3) is 0 Å². The normalized spacial score (nSPS) is 9.87. The molecule has 6 nitrogen and oxygen atoms in total. The van der Waals surface area contributed by atoms with Crippen molar-refractivity contribution in [1.29, 1.82) is 0 Å². The molecule has 0 radical (unpaired) electrons. The molecule has 0 aliphatic heterocycles. The van der Waals surface area contributed by atoms with Crippen molar-refractivity contribution in [3.8, 4) is 17.2 Å². The Kier molecular flexibility index (Phi) is 5.19. The predicted molar refractivity (Wildman–Crippen MR) is 82.3 cm³/mol. The molecule has 0 atom stereocenters. The summed E-state index contributed by atoms with van der Waals surface area (Å²) < 4.78 is 20.3. The summed E-state index contributed by atoms with van der Waals surface area (Å²) in [6.07, 6.45) is 0. The van der Waals surface area contributed by atoms with E-state index in [4.69, 9.17) is 18.9 Å². The monoisotopic (exact) mass is 316 g/mol. The summed E-state index contributed by atoms with van der Waals surface area (Å²) in [4.78, 5) is 24.3. The summed E-state index contributed by atoms with van der Waals surface area (Å²) in [7, 11) is 4.26. The summed E-state index contributed by atoms with van der Waals surface area (Å²) in [6, 6.07) is 11.2. The molecule has 2 aromatic carbocycles. The van der Waals surface area contributed by atoms with Crippen molar-refractivity contribution in [3.05, 3.63) is 53.6 Å². The Morgan fingerprint density at radius 2 is 1.35 bits per heavy atom. The van der Waals surface area contributed by atoms with Crippen molar-refractivity contribution in [3.63, 3.8) is 0 Å². The third kappa shape index (κ3) is 3.60. The van der Waals surface area contributed by atoms with Crippen molar-refractivity contribution < 1.29 is 28.5 Å². The highest BCUT2D eigenvalue weighted by molar-refractivity contribution is 6.05. The van der Waals surface area contributed by atoms with E-state index in [9.17, 15) is 9.59 Å². The number of carbonyl (C=O) groups is 2. The predicted octanol–water partition coefficient (Wildman–Crippen LogP) is 2.71. The molecule has 2 rings (SSSR count). The summed E-state index contributed by atoms with van der Waals surface area (Å²) in [5.41, 5.74) is 0.285. The highest BCUT2D eigenvalue weighted by Crippen LogP contribution is 2.34. The van der Waals surface area contributed by atoms with E-state index in [-0.39, 0.29) is 22.6 Å². The van der Waals surface area contributed by atoms with Crippen molar-refractivity contribution in [2.24, 2.45) is 0 Å². The molecule has 0 aliphatic carbocycles. The standard InChI is InChI=1S/C17H16O6/c1-20-12-9-13(21-2)15(14(10-12)22-3)17(19)23-16(18)11-7-5-4-6-8-11/h4-10H,1-3H3. The number of hydrogen-bond donors (Lipinski definition) is 0. The van der Waals surface area contributed by atoms with E-state index < -0.39 is 11.9 Å². The van der Waals surface area contributed by atoms with Crippen LogP contribution in [0.3, 0.4) is 0 Å². The highest BCUT2D eigenvalue weighted by Gasteiger charge is 2.24. The Bertz CT molecular complexity index is 683. The molecule has 0 N–H and O–H groups in total. The number of esters is 2. The van der Waals surface area contributed by atoms with E-state index in [2.05, 4.69) is 0 Å². The molecule has 0 heterocycles. The Morgan fingerprint density at radius 1 is 0.783 bits per heavy atom. The fourth-order valence-corrected chi connectivity index (χ4v) is 1.98. The minimum Gasteiger partial charge on any atom is -0.496 e. The molecule has 0 amide bonds. The van der Waals surface area contributed by atoms with Gasteiger partial charge in [-0.2, -0.15) is 0 Å². The van der Waals surface area contributed by atoms with Crippen LogP contribution in [0.5, 0.6) is 17.2 Å². The molecule has 0 aromatic heterocycles. The Hall–Kier alpha value is -3.02. The molecule has 0 saturated carbocycles. The number of carbonyl (C=O) groups excluding carboxylic acids is 2. The number of hydrogen-bond acceptors (Lipinski definition) is 6. The second-order valence-corrected chi connectivity index (χ2v) is 4.45. The molecule has 0 fully saturated rings. The van der Waals surface area contributed by atoms with Gasteiger partial charge in [0.1, 0.15) is 22.8 Å². The van der Waals surface area contributed by atoms with Gasteiger partial charge in [-0.3, -0.25) is 0 Å². The van der Waals surface area contributed by atoms with Crippen LogP contribution in [0.2, 0.25) is 0 Å². The van der Waals surface area contributed by atoms with Crippen molar-refractivity contribution >= 4 is 11.9 Å². The molecular formula is C17H16O6. The van der Waals surface area contributed by atoms with Crippen LogP contribution < -0.4 is 14.2 Å². The topological polar surface area (TPSA) is 71.1 Å². The molecule has 2 aromatic rings. The molecule has 23 heavy (non-hydrogen) atoms. The second-order valence-electron chi connectivity index (χ2n) is 4.45. The number of methoxy groups -OCH3 is 3. The molecule has 0 unspecified atom stereocenters. The van der Waals surface area contributed by atoms with E-state index in [1.165, 1.54) is 33.5 Å². The summed E-state index contributed by atoms with van der Waals surface area (Å²) in [5, 5.41) is 0. The lowest BCUT2D eigenvalue weighted by Gasteiger charge is -2.13. The van der Waals surface area contributed by atoms with Gasteiger partial charge in [-0.1, -0.05) is 18.2 Å². The average molecular weight is 316 g/mol. The van der Waals surface area contributed by atoms with Gasteiger partial charge in [0, 0.05) is 12.1 Å². The van der Waals surface area contributed by atoms with Crippen LogP contribution in [0.1, 0.15) is 20.7 Å². The zero-order valence-electron chi connectivity index (χ0n) is 13.0. The first kappa shape index (κ1) is 16.4. The maximum absolute atomic E-state index is 12.3. The van der Waals surface area contributed by atoms with E-state index in [1.807, 2.05) is 0 Å². The molecule has 6 heteroatoms. The first-order chi connectivity index (χ1) is 11.1. The van der Waals surface area contributed by atoms with Crippen LogP contribution in [0, 0.1) is 0 Å². The Morgan fingerprint density at radius 3 is 1.83 bits per heavy atom. The molecule has 120 valence electrons. The Labute approximate surface area is 133 Å². The molecule has 0 saturated heterocycles. The number of ether oxygens (including phenoxy) is 4. The lowest BCUT2D eigenvalue weighted by Crippen LogP contribution is -2.15. The molecular weight excluding hydrogens is 300 g/mol. The first-order valence-electron chi connectivity index (χ1n) is 6.72. The highest BCUT2D eigenvalue weighted by atomic mass is 16.6. The largest absolute Gasteiger partial charge is 0.496 e. The second kappa shape index (κ2) is 7.31. The summed E-state index contributed by atoms with van der Waals surface area (Å²) >= 11 is 0. The van der Waals surface area contributed by atoms with Crippen LogP contribution in [0.4, 0.5) is 0 Å². The van der Waals surface area contributed by atoms with Gasteiger partial charge in [-0.25, -0.2) is 9.59 Å². The van der Waals surface area contributed by atoms with E-state index in [0.717, 1.165) is 0 Å². The fourth-order valence-electron chi connectivity index (χ4n) is 1.98. The van der Waals surface area contributed by atoms with Crippen molar-refractivity contribution in [2.45, 2.75) is 0 Å². The maximum Gasteiger partial charge on any atom is 0.353 e. The molecule has 0 spiro atoms. The third-order valence-corrected chi connectivity index (χ3v) is 3.11. The van der Waals surface area contributed by atoms with Crippen LogP contribution >= 0.6 is 0 Å². The van der Waals surface area contributed by atoms with Crippen LogP contribution in [-0.2, 0) is 4.74 Å². The van der Waals surface area contributed by atoms with Gasteiger partial charge in [-0.15, -0.1) is 0 Å². The first-order valence-corrected chi connectivity index (χ1v) is 6.72. The van der Waals surface area contributed by atoms with Gasteiger partial charge in [0.15, 0.2) is 0 Å². The van der Waals surface area contributed by atoms with Crippen molar-refractivity contribution in [2.75, 3.05) is 21.3 Å². The third-order valence-electron chi connectivity index (χ3n) is 3.11. The van der Waals surface area contributed by atoms with Crippen LogP contribution in [0.15, 0.2) is 42.5 Å². The summed E-state index contributed by atoms with van der Waals surface area (Å²) in [6.45, 7) is 0. The number of benzene rings is 2. The average Bonchev–Trinajstić information content (AvgIpc) is 2.60. The zero-order chi connectivity index (χ0) is 16.8. The lowest BCUT2D eigenvalue weighted by atomic mass is 10.1. The van der Waals surface area contributed by atoms with Gasteiger partial charge < -0.3 is 18.9 Å². The van der Waals surface area contributed by atoms with E-state index in [1.54, 1.807) is 30.3 Å². The summed E-state index contributed by atoms with van der Waals surface area (Å²) in [5.74, 6) is -0.797. The molecule has 0 bridgehead atoms. The lowest BCUT2D eigenvalue weighted by molar-refractivity contribution is 0.0394. The van der Waals surface area contributed by atoms with E-state index in [0.29, 0.717) is 5.75 Å². The molecule has 0 aliphatic rings. The quantitative estimate of drug-likeness (QED) is 0.624. The van der Waals surface area contributed by atoms with Crippen LogP contribution in [-0.4, -0.2) is 33.3 Å².